The van der Waals surface area contributed by atoms with E-state index in [1.807, 2.05) is 0 Å². The van der Waals surface area contributed by atoms with E-state index in [0.29, 0.717) is 30.1 Å². The average molecular weight is 292 g/mol. The average Bonchev–Trinajstić information content (AvgIpc) is 2.50. The zero-order valence-corrected chi connectivity index (χ0v) is 12.4. The summed E-state index contributed by atoms with van der Waals surface area (Å²) in [5, 5.41) is 0. The molecule has 0 bridgehead atoms. The molecule has 1 aromatic rings. The lowest BCUT2D eigenvalue weighted by molar-refractivity contribution is -0.139. The molecule has 5 heteroatoms. The maximum atomic E-state index is 11.2. The third kappa shape index (κ3) is 6.12. The first kappa shape index (κ1) is 16.8. The van der Waals surface area contributed by atoms with Gasteiger partial charge in [-0.1, -0.05) is 6.58 Å². The third-order valence-corrected chi connectivity index (χ3v) is 2.66. The molecule has 0 radical (unpaired) electrons. The second-order valence-corrected chi connectivity index (χ2v) is 4.49. The number of ether oxygens (including phenoxy) is 3. The monoisotopic (exact) mass is 292 g/mol. The number of esters is 2. The van der Waals surface area contributed by atoms with Crippen LogP contribution in [0.15, 0.2) is 36.4 Å². The van der Waals surface area contributed by atoms with Crippen LogP contribution in [0.1, 0.15) is 30.1 Å². The summed E-state index contributed by atoms with van der Waals surface area (Å²) in [4.78, 5) is 22.4. The third-order valence-electron chi connectivity index (χ3n) is 2.66. The van der Waals surface area contributed by atoms with E-state index in [4.69, 9.17) is 9.47 Å². The summed E-state index contributed by atoms with van der Waals surface area (Å²) >= 11 is 0. The first-order valence-electron chi connectivity index (χ1n) is 6.68. The van der Waals surface area contributed by atoms with Crippen molar-refractivity contribution in [2.75, 3.05) is 20.3 Å². The molecule has 0 fully saturated rings. The van der Waals surface area contributed by atoms with Gasteiger partial charge in [0.2, 0.25) is 0 Å². The predicted octanol–water partition coefficient (Wildman–Crippen LogP) is 2.75. The Kier molecular flexibility index (Phi) is 7.01. The Balaban J connectivity index is 2.20. The van der Waals surface area contributed by atoms with E-state index in [2.05, 4.69) is 11.3 Å². The number of hydrogen-bond acceptors (Lipinski definition) is 5. The van der Waals surface area contributed by atoms with E-state index in [9.17, 15) is 9.59 Å². The molecule has 0 unspecified atom stereocenters. The van der Waals surface area contributed by atoms with Crippen molar-refractivity contribution in [1.82, 2.24) is 0 Å². The van der Waals surface area contributed by atoms with Crippen LogP contribution in [0.2, 0.25) is 0 Å². The fraction of sp³-hybridized carbons (Fsp3) is 0.375. The Morgan fingerprint density at radius 2 is 1.71 bits per heavy atom. The Bertz CT molecular complexity index is 490. The Morgan fingerprint density at radius 3 is 2.29 bits per heavy atom. The van der Waals surface area contributed by atoms with Crippen molar-refractivity contribution >= 4 is 11.9 Å². The fourth-order valence-electron chi connectivity index (χ4n) is 1.49. The minimum Gasteiger partial charge on any atom is -0.494 e. The van der Waals surface area contributed by atoms with E-state index < -0.39 is 0 Å². The van der Waals surface area contributed by atoms with Crippen LogP contribution in [-0.4, -0.2) is 32.3 Å². The lowest BCUT2D eigenvalue weighted by Crippen LogP contribution is -2.07. The van der Waals surface area contributed by atoms with Gasteiger partial charge in [0.1, 0.15) is 5.75 Å². The van der Waals surface area contributed by atoms with Crippen molar-refractivity contribution < 1.29 is 23.8 Å². The van der Waals surface area contributed by atoms with Crippen LogP contribution in [0.3, 0.4) is 0 Å². The molecule has 1 aromatic carbocycles. The van der Waals surface area contributed by atoms with Gasteiger partial charge in [0.05, 0.1) is 25.9 Å². The van der Waals surface area contributed by atoms with Crippen molar-refractivity contribution in [2.45, 2.75) is 19.8 Å². The molecule has 0 atom stereocenters. The van der Waals surface area contributed by atoms with Crippen molar-refractivity contribution in [3.05, 3.63) is 42.0 Å². The first-order chi connectivity index (χ1) is 10.0. The number of unbranched alkanes of at least 4 members (excludes halogenated alkanes) is 1. The lowest BCUT2D eigenvalue weighted by Gasteiger charge is -2.07. The molecule has 0 aliphatic carbocycles. The number of benzene rings is 1. The summed E-state index contributed by atoms with van der Waals surface area (Å²) in [5.74, 6) is -0.0585. The highest BCUT2D eigenvalue weighted by Crippen LogP contribution is 2.13. The van der Waals surface area contributed by atoms with Gasteiger partial charge in [-0.15, -0.1) is 0 Å². The molecule has 0 heterocycles. The van der Waals surface area contributed by atoms with Gasteiger partial charge in [-0.3, -0.25) is 0 Å². The maximum Gasteiger partial charge on any atom is 0.337 e. The number of hydrogen-bond donors (Lipinski definition) is 0. The van der Waals surface area contributed by atoms with E-state index >= 15 is 0 Å². The number of rotatable bonds is 8. The first-order valence-corrected chi connectivity index (χ1v) is 6.68. The number of carbonyl (C=O) groups excluding carboxylic acids is 2. The highest BCUT2D eigenvalue weighted by molar-refractivity contribution is 5.89. The molecule has 5 nitrogen and oxygen atoms in total. The second-order valence-electron chi connectivity index (χ2n) is 4.49. The summed E-state index contributed by atoms with van der Waals surface area (Å²) in [5.41, 5.74) is 0.883. The van der Waals surface area contributed by atoms with Gasteiger partial charge in [0, 0.05) is 5.57 Å². The van der Waals surface area contributed by atoms with Gasteiger partial charge >= 0.3 is 11.9 Å². The Morgan fingerprint density at radius 1 is 1.10 bits per heavy atom. The van der Waals surface area contributed by atoms with E-state index in [1.54, 1.807) is 31.2 Å². The van der Waals surface area contributed by atoms with Gasteiger partial charge < -0.3 is 14.2 Å². The van der Waals surface area contributed by atoms with Crippen LogP contribution in [0.4, 0.5) is 0 Å². The Labute approximate surface area is 124 Å². The fourth-order valence-corrected chi connectivity index (χ4v) is 1.49. The topological polar surface area (TPSA) is 61.8 Å². The van der Waals surface area contributed by atoms with Crippen LogP contribution in [0.25, 0.3) is 0 Å². The maximum absolute atomic E-state index is 11.2. The minimum atomic E-state index is -0.374. The summed E-state index contributed by atoms with van der Waals surface area (Å²) in [7, 11) is 1.34. The molecular weight excluding hydrogens is 272 g/mol. The molecule has 1 rings (SSSR count). The summed E-state index contributed by atoms with van der Waals surface area (Å²) < 4.78 is 15.1. The molecule has 0 aliphatic rings. The van der Waals surface area contributed by atoms with Crippen LogP contribution in [0, 0.1) is 0 Å². The van der Waals surface area contributed by atoms with Crippen molar-refractivity contribution in [1.29, 1.82) is 0 Å². The molecule has 0 N–H and O–H groups in total. The molecule has 0 amide bonds. The lowest BCUT2D eigenvalue weighted by atomic mass is 10.2. The van der Waals surface area contributed by atoms with E-state index in [0.717, 1.165) is 12.8 Å². The van der Waals surface area contributed by atoms with E-state index in [1.165, 1.54) is 7.11 Å². The molecule has 0 spiro atoms. The number of methoxy groups -OCH3 is 1. The van der Waals surface area contributed by atoms with Crippen LogP contribution in [0.5, 0.6) is 5.75 Å². The molecule has 0 aromatic heterocycles. The number of carbonyl (C=O) groups is 2. The normalized spacial score (nSPS) is 9.81. The van der Waals surface area contributed by atoms with Crippen molar-refractivity contribution in [3.8, 4) is 5.75 Å². The zero-order chi connectivity index (χ0) is 15.7. The molecule has 114 valence electrons. The largest absolute Gasteiger partial charge is 0.494 e. The van der Waals surface area contributed by atoms with Gasteiger partial charge in [0.15, 0.2) is 0 Å². The van der Waals surface area contributed by atoms with Crippen LogP contribution < -0.4 is 4.74 Å². The van der Waals surface area contributed by atoms with Crippen molar-refractivity contribution in [3.63, 3.8) is 0 Å². The zero-order valence-electron chi connectivity index (χ0n) is 12.4. The van der Waals surface area contributed by atoms with Crippen LogP contribution >= 0.6 is 0 Å². The molecule has 0 aliphatic heterocycles. The molecule has 0 saturated carbocycles. The predicted molar refractivity (Wildman–Crippen MR) is 78.3 cm³/mol. The van der Waals surface area contributed by atoms with Crippen LogP contribution in [-0.2, 0) is 14.3 Å². The quantitative estimate of drug-likeness (QED) is 0.419. The highest BCUT2D eigenvalue weighted by Gasteiger charge is 2.05. The van der Waals surface area contributed by atoms with Gasteiger partial charge in [-0.05, 0) is 44.0 Å². The summed E-state index contributed by atoms with van der Waals surface area (Å²) in [6, 6.07) is 6.73. The molecule has 0 saturated heterocycles. The minimum absolute atomic E-state index is 0.357. The van der Waals surface area contributed by atoms with Gasteiger partial charge in [0.25, 0.3) is 0 Å². The molecular formula is C16H20O5. The highest BCUT2D eigenvalue weighted by atomic mass is 16.5. The van der Waals surface area contributed by atoms with Crippen molar-refractivity contribution in [2.24, 2.45) is 0 Å². The smallest absolute Gasteiger partial charge is 0.337 e. The SMILES string of the molecule is C=C(C)C(=O)OCCCCOc1ccc(C(=O)OC)cc1. The standard InChI is InChI=1S/C16H20O5/c1-12(2)15(17)21-11-5-4-10-20-14-8-6-13(7-9-14)16(18)19-3/h6-9H,1,4-5,10-11H2,2-3H3. The molecule has 21 heavy (non-hydrogen) atoms. The summed E-state index contributed by atoms with van der Waals surface area (Å²) in [6.45, 7) is 5.99. The van der Waals surface area contributed by atoms with Gasteiger partial charge in [-0.25, -0.2) is 9.59 Å². The van der Waals surface area contributed by atoms with Gasteiger partial charge in [-0.2, -0.15) is 0 Å². The van der Waals surface area contributed by atoms with E-state index in [-0.39, 0.29) is 11.9 Å². The Hall–Kier alpha value is -2.30. The second kappa shape index (κ2) is 8.79. The summed E-state index contributed by atoms with van der Waals surface area (Å²) in [6.07, 6.45) is 1.49.